The van der Waals surface area contributed by atoms with E-state index in [2.05, 4.69) is 0 Å². The van der Waals surface area contributed by atoms with Crippen LogP contribution in [-0.4, -0.2) is 34.6 Å². The van der Waals surface area contributed by atoms with Gasteiger partial charge in [-0.1, -0.05) is 24.3 Å². The van der Waals surface area contributed by atoms with Gasteiger partial charge in [0.1, 0.15) is 11.8 Å². The lowest BCUT2D eigenvalue weighted by Gasteiger charge is -2.28. The van der Waals surface area contributed by atoms with Gasteiger partial charge >= 0.3 is 5.97 Å². The standard InChI is InChI=1S/C25H22N2O5S/c1-16-6-3-4-8-21(16)24(30)26(15-20-7-5-13-33-20)22-14-23(29)27(25(22)31)18-9-11-19(12-10-18)32-17(2)28/h3-13,22H,14-15H2,1-2H3. The van der Waals surface area contributed by atoms with Crippen LogP contribution in [0.1, 0.15) is 34.1 Å². The van der Waals surface area contributed by atoms with Gasteiger partial charge in [0.15, 0.2) is 0 Å². The van der Waals surface area contributed by atoms with E-state index in [-0.39, 0.29) is 24.8 Å². The molecule has 4 rings (SSSR count). The highest BCUT2D eigenvalue weighted by molar-refractivity contribution is 7.09. The van der Waals surface area contributed by atoms with Crippen LogP contribution >= 0.6 is 11.3 Å². The molecule has 33 heavy (non-hydrogen) atoms. The normalized spacial score (nSPS) is 15.6. The highest BCUT2D eigenvalue weighted by atomic mass is 32.1. The Kier molecular flexibility index (Phi) is 6.37. The molecule has 2 heterocycles. The van der Waals surface area contributed by atoms with Crippen molar-refractivity contribution in [1.29, 1.82) is 0 Å². The number of imide groups is 1. The molecule has 1 fully saturated rings. The third-order valence-electron chi connectivity index (χ3n) is 5.40. The molecule has 3 amide bonds. The monoisotopic (exact) mass is 462 g/mol. The average molecular weight is 463 g/mol. The van der Waals surface area contributed by atoms with Crippen molar-refractivity contribution in [3.05, 3.63) is 82.0 Å². The van der Waals surface area contributed by atoms with Gasteiger partial charge in [-0.05, 0) is 54.3 Å². The summed E-state index contributed by atoms with van der Waals surface area (Å²) >= 11 is 1.49. The van der Waals surface area contributed by atoms with E-state index >= 15 is 0 Å². The number of carbonyl (C=O) groups excluding carboxylic acids is 4. The first-order valence-electron chi connectivity index (χ1n) is 10.4. The van der Waals surface area contributed by atoms with E-state index in [9.17, 15) is 19.2 Å². The second-order valence-electron chi connectivity index (χ2n) is 7.70. The van der Waals surface area contributed by atoms with E-state index in [0.29, 0.717) is 17.0 Å². The van der Waals surface area contributed by atoms with Crippen molar-refractivity contribution in [2.45, 2.75) is 32.9 Å². The Balaban J connectivity index is 1.64. The smallest absolute Gasteiger partial charge is 0.308 e. The number of ether oxygens (including phenoxy) is 1. The molecule has 0 saturated carbocycles. The summed E-state index contributed by atoms with van der Waals surface area (Å²) in [6, 6.07) is 16.2. The molecule has 1 aromatic heterocycles. The lowest BCUT2D eigenvalue weighted by Crippen LogP contribution is -2.45. The molecule has 1 aliphatic rings. The fourth-order valence-corrected chi connectivity index (χ4v) is 4.52. The topological polar surface area (TPSA) is 84.0 Å². The highest BCUT2D eigenvalue weighted by Gasteiger charge is 2.44. The van der Waals surface area contributed by atoms with E-state index in [4.69, 9.17) is 4.74 Å². The van der Waals surface area contributed by atoms with E-state index in [1.807, 2.05) is 36.6 Å². The van der Waals surface area contributed by atoms with E-state index < -0.39 is 17.9 Å². The third kappa shape index (κ3) is 4.70. The number of carbonyl (C=O) groups is 4. The van der Waals surface area contributed by atoms with Gasteiger partial charge in [0, 0.05) is 17.4 Å². The Labute approximate surface area is 195 Å². The maximum absolute atomic E-state index is 13.5. The van der Waals surface area contributed by atoms with Crippen LogP contribution in [0.25, 0.3) is 0 Å². The van der Waals surface area contributed by atoms with Gasteiger partial charge in [0.05, 0.1) is 18.7 Å². The Morgan fingerprint density at radius 3 is 2.42 bits per heavy atom. The van der Waals surface area contributed by atoms with Crippen LogP contribution in [0, 0.1) is 6.92 Å². The zero-order chi connectivity index (χ0) is 23.5. The molecule has 7 nitrogen and oxygen atoms in total. The summed E-state index contributed by atoms with van der Waals surface area (Å²) in [6.07, 6.45) is -0.104. The van der Waals surface area contributed by atoms with E-state index in [0.717, 1.165) is 15.3 Å². The summed E-state index contributed by atoms with van der Waals surface area (Å²) in [7, 11) is 0. The summed E-state index contributed by atoms with van der Waals surface area (Å²) in [5, 5.41) is 1.91. The zero-order valence-corrected chi connectivity index (χ0v) is 19.0. The number of rotatable bonds is 6. The molecule has 168 valence electrons. The quantitative estimate of drug-likeness (QED) is 0.315. The maximum Gasteiger partial charge on any atom is 0.308 e. The summed E-state index contributed by atoms with van der Waals surface area (Å²) in [4.78, 5) is 54.4. The highest BCUT2D eigenvalue weighted by Crippen LogP contribution is 2.30. The molecular weight excluding hydrogens is 440 g/mol. The number of amides is 3. The van der Waals surface area contributed by atoms with Crippen LogP contribution in [0.3, 0.4) is 0 Å². The zero-order valence-electron chi connectivity index (χ0n) is 18.2. The second kappa shape index (κ2) is 9.38. The number of hydrogen-bond donors (Lipinski definition) is 0. The van der Waals surface area contributed by atoms with Crippen molar-refractivity contribution in [3.63, 3.8) is 0 Å². The number of thiophene rings is 1. The van der Waals surface area contributed by atoms with Gasteiger partial charge in [0.2, 0.25) is 5.91 Å². The van der Waals surface area contributed by atoms with Crippen LogP contribution in [0.5, 0.6) is 5.75 Å². The summed E-state index contributed by atoms with van der Waals surface area (Å²) in [5.41, 5.74) is 1.66. The Morgan fingerprint density at radius 1 is 1.06 bits per heavy atom. The Bertz CT molecular complexity index is 1200. The van der Waals surface area contributed by atoms with E-state index in [1.165, 1.54) is 35.3 Å². The van der Waals surface area contributed by atoms with Crippen molar-refractivity contribution in [2.75, 3.05) is 4.90 Å². The van der Waals surface area contributed by atoms with Gasteiger partial charge in [0.25, 0.3) is 11.8 Å². The molecule has 1 saturated heterocycles. The predicted molar refractivity (Wildman–Crippen MR) is 124 cm³/mol. The SMILES string of the molecule is CC(=O)Oc1ccc(N2C(=O)CC(N(Cc3cccs3)C(=O)c3ccccc3C)C2=O)cc1. The second-order valence-corrected chi connectivity index (χ2v) is 8.73. The number of esters is 1. The van der Waals surface area contributed by atoms with Crippen LogP contribution in [-0.2, 0) is 20.9 Å². The first-order valence-corrected chi connectivity index (χ1v) is 11.3. The van der Waals surface area contributed by atoms with Crippen molar-refractivity contribution in [1.82, 2.24) is 4.90 Å². The molecule has 8 heteroatoms. The van der Waals surface area contributed by atoms with Gasteiger partial charge in [-0.15, -0.1) is 11.3 Å². The first-order chi connectivity index (χ1) is 15.8. The maximum atomic E-state index is 13.5. The molecule has 1 unspecified atom stereocenters. The lowest BCUT2D eigenvalue weighted by atomic mass is 10.1. The Morgan fingerprint density at radius 2 is 1.79 bits per heavy atom. The van der Waals surface area contributed by atoms with Gasteiger partial charge < -0.3 is 9.64 Å². The van der Waals surface area contributed by atoms with Crippen LogP contribution in [0.2, 0.25) is 0 Å². The number of hydrogen-bond acceptors (Lipinski definition) is 6. The molecule has 1 atom stereocenters. The molecular formula is C25H22N2O5S. The van der Waals surface area contributed by atoms with Gasteiger partial charge in [-0.2, -0.15) is 0 Å². The minimum atomic E-state index is -0.917. The molecule has 0 spiro atoms. The molecule has 0 bridgehead atoms. The molecule has 0 radical (unpaired) electrons. The lowest BCUT2D eigenvalue weighted by molar-refractivity contribution is -0.132. The molecule has 0 aliphatic carbocycles. The molecule has 1 aliphatic heterocycles. The molecule has 3 aromatic rings. The van der Waals surface area contributed by atoms with Gasteiger partial charge in [-0.3, -0.25) is 19.2 Å². The number of benzene rings is 2. The summed E-state index contributed by atoms with van der Waals surface area (Å²) < 4.78 is 5.02. The molecule has 0 N–H and O–H groups in total. The largest absolute Gasteiger partial charge is 0.427 e. The van der Waals surface area contributed by atoms with Crippen molar-refractivity contribution < 1.29 is 23.9 Å². The van der Waals surface area contributed by atoms with Crippen LogP contribution in [0.15, 0.2) is 66.0 Å². The number of nitrogens with zero attached hydrogens (tertiary/aromatic N) is 2. The Hall–Kier alpha value is -3.78. The minimum Gasteiger partial charge on any atom is -0.427 e. The average Bonchev–Trinajstić information content (AvgIpc) is 3.40. The summed E-state index contributed by atoms with van der Waals surface area (Å²) in [5.74, 6) is -1.29. The molecule has 2 aromatic carbocycles. The van der Waals surface area contributed by atoms with Crippen LogP contribution < -0.4 is 9.64 Å². The van der Waals surface area contributed by atoms with Gasteiger partial charge in [-0.25, -0.2) is 4.90 Å². The summed E-state index contributed by atoms with van der Waals surface area (Å²) in [6.45, 7) is 3.36. The predicted octanol–water partition coefficient (Wildman–Crippen LogP) is 3.96. The van der Waals surface area contributed by atoms with Crippen LogP contribution in [0.4, 0.5) is 5.69 Å². The van der Waals surface area contributed by atoms with E-state index in [1.54, 1.807) is 24.3 Å². The first kappa shape index (κ1) is 22.4. The number of anilines is 1. The fraction of sp³-hybridized carbons (Fsp3) is 0.200. The van der Waals surface area contributed by atoms with Crippen molar-refractivity contribution in [3.8, 4) is 5.75 Å². The number of aryl methyl sites for hydroxylation is 1. The minimum absolute atomic E-state index is 0.104. The third-order valence-corrected chi connectivity index (χ3v) is 6.26. The fourth-order valence-electron chi connectivity index (χ4n) is 3.82. The van der Waals surface area contributed by atoms with Crippen molar-refractivity contribution >= 4 is 40.7 Å². The van der Waals surface area contributed by atoms with Crippen molar-refractivity contribution in [2.24, 2.45) is 0 Å².